The monoisotopic (exact) mass is 311 g/mol. The number of pyridine rings is 1. The van der Waals surface area contributed by atoms with E-state index in [0.717, 1.165) is 11.3 Å². The standard InChI is InChI=1S/C12H10INO/c13-10-5-6-11(15-8-3-4-8)12-9(10)2-1-7-14-12/h1-2,5-8H,3-4H2. The van der Waals surface area contributed by atoms with Crippen LogP contribution in [0.4, 0.5) is 0 Å². The molecule has 1 aromatic carbocycles. The summed E-state index contributed by atoms with van der Waals surface area (Å²) in [5.74, 6) is 0.925. The first-order valence-electron chi connectivity index (χ1n) is 5.04. The van der Waals surface area contributed by atoms with Crippen molar-refractivity contribution in [2.45, 2.75) is 18.9 Å². The first-order valence-corrected chi connectivity index (χ1v) is 6.12. The van der Waals surface area contributed by atoms with Crippen LogP contribution in [0.15, 0.2) is 30.5 Å². The van der Waals surface area contributed by atoms with Crippen molar-refractivity contribution in [3.05, 3.63) is 34.0 Å². The summed E-state index contributed by atoms with van der Waals surface area (Å²) in [4.78, 5) is 4.39. The van der Waals surface area contributed by atoms with E-state index < -0.39 is 0 Å². The maximum absolute atomic E-state index is 5.83. The molecular weight excluding hydrogens is 301 g/mol. The van der Waals surface area contributed by atoms with Crippen molar-refractivity contribution in [2.24, 2.45) is 0 Å². The Hall–Kier alpha value is -0.840. The fourth-order valence-electron chi connectivity index (χ4n) is 1.57. The van der Waals surface area contributed by atoms with Crippen molar-refractivity contribution in [1.82, 2.24) is 4.98 Å². The molecule has 1 aliphatic carbocycles. The number of ether oxygens (including phenoxy) is 1. The quantitative estimate of drug-likeness (QED) is 0.793. The first-order chi connectivity index (χ1) is 7.34. The Labute approximate surface area is 102 Å². The van der Waals surface area contributed by atoms with Gasteiger partial charge >= 0.3 is 0 Å². The van der Waals surface area contributed by atoms with Crippen LogP contribution in [0, 0.1) is 3.57 Å². The Morgan fingerprint density at radius 1 is 1.27 bits per heavy atom. The van der Waals surface area contributed by atoms with Crippen LogP contribution in [0.3, 0.4) is 0 Å². The molecule has 0 N–H and O–H groups in total. The van der Waals surface area contributed by atoms with E-state index in [0.29, 0.717) is 6.10 Å². The molecule has 1 fully saturated rings. The third-order valence-corrected chi connectivity index (χ3v) is 3.44. The van der Waals surface area contributed by atoms with Crippen LogP contribution in [0.2, 0.25) is 0 Å². The molecule has 1 aromatic heterocycles. The third-order valence-electron chi connectivity index (χ3n) is 2.50. The number of fused-ring (bicyclic) bond motifs is 1. The van der Waals surface area contributed by atoms with Crippen LogP contribution < -0.4 is 4.74 Å². The molecule has 3 rings (SSSR count). The fraction of sp³-hybridized carbons (Fsp3) is 0.250. The topological polar surface area (TPSA) is 22.1 Å². The summed E-state index contributed by atoms with van der Waals surface area (Å²) < 4.78 is 7.05. The number of halogens is 1. The van der Waals surface area contributed by atoms with Gasteiger partial charge in [-0.15, -0.1) is 0 Å². The van der Waals surface area contributed by atoms with Crippen LogP contribution in [0.5, 0.6) is 5.75 Å². The zero-order valence-corrected chi connectivity index (χ0v) is 10.3. The summed E-state index contributed by atoms with van der Waals surface area (Å²) >= 11 is 2.33. The molecule has 2 aromatic rings. The Balaban J connectivity index is 2.16. The SMILES string of the molecule is Ic1ccc(OC2CC2)c2ncccc12. The molecule has 0 spiro atoms. The van der Waals surface area contributed by atoms with E-state index in [4.69, 9.17) is 4.74 Å². The molecule has 0 saturated heterocycles. The summed E-state index contributed by atoms with van der Waals surface area (Å²) in [6.45, 7) is 0. The number of hydrogen-bond acceptors (Lipinski definition) is 2. The molecule has 1 saturated carbocycles. The van der Waals surface area contributed by atoms with Gasteiger partial charge < -0.3 is 4.74 Å². The molecule has 0 radical (unpaired) electrons. The Morgan fingerprint density at radius 2 is 2.13 bits per heavy atom. The van der Waals surface area contributed by atoms with Crippen molar-refractivity contribution in [3.63, 3.8) is 0 Å². The lowest BCUT2D eigenvalue weighted by atomic mass is 10.2. The van der Waals surface area contributed by atoms with Crippen molar-refractivity contribution in [2.75, 3.05) is 0 Å². The minimum atomic E-state index is 0.426. The summed E-state index contributed by atoms with van der Waals surface area (Å²) in [6.07, 6.45) is 4.61. The van der Waals surface area contributed by atoms with Gasteiger partial charge in [-0.1, -0.05) is 6.07 Å². The highest BCUT2D eigenvalue weighted by Gasteiger charge is 2.24. The summed E-state index contributed by atoms with van der Waals surface area (Å²) in [6, 6.07) is 8.16. The molecular formula is C12H10INO. The molecule has 0 unspecified atom stereocenters. The minimum absolute atomic E-state index is 0.426. The zero-order chi connectivity index (χ0) is 10.3. The third kappa shape index (κ3) is 1.80. The molecule has 3 heteroatoms. The van der Waals surface area contributed by atoms with Crippen LogP contribution >= 0.6 is 22.6 Å². The lowest BCUT2D eigenvalue weighted by Crippen LogP contribution is -1.97. The van der Waals surface area contributed by atoms with E-state index in [1.807, 2.05) is 18.3 Å². The van der Waals surface area contributed by atoms with Gasteiger partial charge in [-0.25, -0.2) is 0 Å². The second kappa shape index (κ2) is 3.63. The fourth-order valence-corrected chi connectivity index (χ4v) is 2.19. The van der Waals surface area contributed by atoms with Gasteiger partial charge in [0.1, 0.15) is 11.3 Å². The Bertz CT molecular complexity index is 508. The predicted molar refractivity (Wildman–Crippen MR) is 68.1 cm³/mol. The lowest BCUT2D eigenvalue weighted by molar-refractivity contribution is 0.306. The van der Waals surface area contributed by atoms with Gasteiger partial charge in [0.2, 0.25) is 0 Å². The highest BCUT2D eigenvalue weighted by molar-refractivity contribution is 14.1. The maximum atomic E-state index is 5.83. The number of rotatable bonds is 2. The highest BCUT2D eigenvalue weighted by Crippen LogP contribution is 2.32. The van der Waals surface area contributed by atoms with E-state index >= 15 is 0 Å². The second-order valence-corrected chi connectivity index (χ2v) is 4.92. The van der Waals surface area contributed by atoms with Crippen molar-refractivity contribution in [1.29, 1.82) is 0 Å². The summed E-state index contributed by atoms with van der Waals surface area (Å²) in [5, 5.41) is 1.18. The van der Waals surface area contributed by atoms with E-state index in [-0.39, 0.29) is 0 Å². The van der Waals surface area contributed by atoms with E-state index in [1.165, 1.54) is 21.8 Å². The largest absolute Gasteiger partial charge is 0.488 e. The van der Waals surface area contributed by atoms with Crippen LogP contribution in [0.25, 0.3) is 10.9 Å². The van der Waals surface area contributed by atoms with Crippen molar-refractivity contribution in [3.8, 4) is 5.75 Å². The number of hydrogen-bond donors (Lipinski definition) is 0. The van der Waals surface area contributed by atoms with Crippen LogP contribution in [-0.4, -0.2) is 11.1 Å². The summed E-state index contributed by atoms with van der Waals surface area (Å²) in [5.41, 5.74) is 0.983. The van der Waals surface area contributed by atoms with Gasteiger partial charge in [0, 0.05) is 15.2 Å². The Morgan fingerprint density at radius 3 is 2.93 bits per heavy atom. The average Bonchev–Trinajstić information content (AvgIpc) is 3.07. The highest BCUT2D eigenvalue weighted by atomic mass is 127. The summed E-state index contributed by atoms with van der Waals surface area (Å²) in [7, 11) is 0. The number of aromatic nitrogens is 1. The Kier molecular flexibility index (Phi) is 2.27. The van der Waals surface area contributed by atoms with Gasteiger partial charge in [0.05, 0.1) is 6.10 Å². The molecule has 1 aliphatic rings. The smallest absolute Gasteiger partial charge is 0.146 e. The molecule has 76 valence electrons. The number of nitrogens with zero attached hydrogens (tertiary/aromatic N) is 1. The molecule has 2 nitrogen and oxygen atoms in total. The predicted octanol–water partition coefficient (Wildman–Crippen LogP) is 3.38. The van der Waals surface area contributed by atoms with E-state index in [2.05, 4.69) is 39.7 Å². The lowest BCUT2D eigenvalue weighted by Gasteiger charge is -2.08. The molecule has 0 atom stereocenters. The minimum Gasteiger partial charge on any atom is -0.488 e. The molecule has 15 heavy (non-hydrogen) atoms. The van der Waals surface area contributed by atoms with Crippen LogP contribution in [-0.2, 0) is 0 Å². The zero-order valence-electron chi connectivity index (χ0n) is 8.11. The normalized spacial score (nSPS) is 15.5. The maximum Gasteiger partial charge on any atom is 0.146 e. The molecule has 0 aliphatic heterocycles. The van der Waals surface area contributed by atoms with Gasteiger partial charge in [-0.3, -0.25) is 4.98 Å². The second-order valence-electron chi connectivity index (χ2n) is 3.76. The molecule has 0 amide bonds. The van der Waals surface area contributed by atoms with Gasteiger partial charge in [0.25, 0.3) is 0 Å². The molecule has 0 bridgehead atoms. The van der Waals surface area contributed by atoms with Gasteiger partial charge in [-0.05, 0) is 53.6 Å². The van der Waals surface area contributed by atoms with Gasteiger partial charge in [-0.2, -0.15) is 0 Å². The van der Waals surface area contributed by atoms with Gasteiger partial charge in [0.15, 0.2) is 0 Å². The van der Waals surface area contributed by atoms with E-state index in [9.17, 15) is 0 Å². The van der Waals surface area contributed by atoms with Crippen LogP contribution in [0.1, 0.15) is 12.8 Å². The molecule has 1 heterocycles. The van der Waals surface area contributed by atoms with Crippen molar-refractivity contribution >= 4 is 33.5 Å². The van der Waals surface area contributed by atoms with Crippen molar-refractivity contribution < 1.29 is 4.74 Å². The first kappa shape index (κ1) is 9.39. The number of benzene rings is 1. The van der Waals surface area contributed by atoms with E-state index in [1.54, 1.807) is 0 Å². The average molecular weight is 311 g/mol.